The maximum atomic E-state index is 12.3. The van der Waals surface area contributed by atoms with E-state index in [1.165, 1.54) is 0 Å². The monoisotopic (exact) mass is 218 g/mol. The van der Waals surface area contributed by atoms with E-state index in [4.69, 9.17) is 4.74 Å². The van der Waals surface area contributed by atoms with E-state index >= 15 is 0 Å². The molecule has 1 fully saturated rings. The lowest BCUT2D eigenvalue weighted by Gasteiger charge is -2.21. The lowest BCUT2D eigenvalue weighted by atomic mass is 9.90. The van der Waals surface area contributed by atoms with E-state index in [1.54, 1.807) is 0 Å². The van der Waals surface area contributed by atoms with Crippen LogP contribution in [0.5, 0.6) is 0 Å². The Bertz CT molecular complexity index is 394. The summed E-state index contributed by atoms with van der Waals surface area (Å²) >= 11 is 0. The van der Waals surface area contributed by atoms with E-state index in [-0.39, 0.29) is 5.78 Å². The second-order valence-electron chi connectivity index (χ2n) is 4.89. The van der Waals surface area contributed by atoms with Crippen molar-refractivity contribution in [3.8, 4) is 0 Å². The molecule has 1 unspecified atom stereocenters. The smallest absolute Gasteiger partial charge is 0.194 e. The first-order chi connectivity index (χ1) is 7.51. The third-order valence-corrected chi connectivity index (χ3v) is 3.18. The van der Waals surface area contributed by atoms with E-state index < -0.39 is 5.60 Å². The normalized spacial score (nSPS) is 24.7. The van der Waals surface area contributed by atoms with Crippen LogP contribution in [0.25, 0.3) is 0 Å². The Labute approximate surface area is 96.6 Å². The zero-order chi connectivity index (χ0) is 11.8. The summed E-state index contributed by atoms with van der Waals surface area (Å²) in [5, 5.41) is 0. The molecular weight excluding hydrogens is 200 g/mol. The molecule has 86 valence electrons. The summed E-state index contributed by atoms with van der Waals surface area (Å²) in [6, 6.07) is 5.97. The van der Waals surface area contributed by atoms with Crippen molar-refractivity contribution < 1.29 is 9.53 Å². The first-order valence-corrected chi connectivity index (χ1v) is 5.78. The number of benzene rings is 1. The van der Waals surface area contributed by atoms with E-state index in [9.17, 15) is 4.79 Å². The van der Waals surface area contributed by atoms with Crippen molar-refractivity contribution in [3.63, 3.8) is 0 Å². The highest BCUT2D eigenvalue weighted by molar-refractivity contribution is 6.02. The fourth-order valence-electron chi connectivity index (χ4n) is 2.37. The lowest BCUT2D eigenvalue weighted by Crippen LogP contribution is -2.34. The number of Topliss-reactive ketones (excluding diaryl/α,β-unsaturated/α-hetero) is 1. The van der Waals surface area contributed by atoms with Crippen LogP contribution in [0, 0.1) is 13.8 Å². The zero-order valence-electron chi connectivity index (χ0n) is 10.2. The van der Waals surface area contributed by atoms with Crippen LogP contribution in [0.2, 0.25) is 0 Å². The Morgan fingerprint density at radius 1 is 1.25 bits per heavy atom. The van der Waals surface area contributed by atoms with Crippen molar-refractivity contribution in [3.05, 3.63) is 34.9 Å². The molecule has 0 aromatic heterocycles. The van der Waals surface area contributed by atoms with E-state index in [1.807, 2.05) is 32.9 Å². The maximum absolute atomic E-state index is 12.3. The van der Waals surface area contributed by atoms with Gasteiger partial charge in [-0.3, -0.25) is 4.79 Å². The van der Waals surface area contributed by atoms with Crippen molar-refractivity contribution in [1.82, 2.24) is 0 Å². The van der Waals surface area contributed by atoms with Crippen LogP contribution >= 0.6 is 0 Å². The molecule has 16 heavy (non-hydrogen) atoms. The minimum atomic E-state index is -0.597. The molecule has 1 atom stereocenters. The third-order valence-electron chi connectivity index (χ3n) is 3.18. The van der Waals surface area contributed by atoms with Gasteiger partial charge in [0, 0.05) is 12.2 Å². The van der Waals surface area contributed by atoms with Gasteiger partial charge in [0.15, 0.2) is 5.78 Å². The fraction of sp³-hybridized carbons (Fsp3) is 0.500. The highest BCUT2D eigenvalue weighted by Gasteiger charge is 2.38. The molecule has 1 aliphatic rings. The molecular formula is C14H18O2. The van der Waals surface area contributed by atoms with Crippen LogP contribution in [0.15, 0.2) is 18.2 Å². The number of rotatable bonds is 2. The highest BCUT2D eigenvalue weighted by Crippen LogP contribution is 2.29. The SMILES string of the molecule is Cc1cc(C)cc(C(=O)C2(C)CCCO2)c1. The Balaban J connectivity index is 2.33. The molecule has 0 aliphatic carbocycles. The fourth-order valence-corrected chi connectivity index (χ4v) is 2.37. The Kier molecular flexibility index (Phi) is 2.85. The molecule has 2 nitrogen and oxygen atoms in total. The molecule has 1 heterocycles. The first kappa shape index (κ1) is 11.3. The number of hydrogen-bond acceptors (Lipinski definition) is 2. The summed E-state index contributed by atoms with van der Waals surface area (Å²) in [6.07, 6.45) is 1.81. The average molecular weight is 218 g/mol. The summed E-state index contributed by atoms with van der Waals surface area (Å²) < 4.78 is 5.59. The van der Waals surface area contributed by atoms with Crippen molar-refractivity contribution in [2.45, 2.75) is 39.2 Å². The minimum Gasteiger partial charge on any atom is -0.367 e. The minimum absolute atomic E-state index is 0.122. The van der Waals surface area contributed by atoms with Crippen molar-refractivity contribution in [1.29, 1.82) is 0 Å². The highest BCUT2D eigenvalue weighted by atomic mass is 16.5. The predicted molar refractivity (Wildman–Crippen MR) is 63.8 cm³/mol. The molecule has 0 saturated carbocycles. The predicted octanol–water partition coefficient (Wildman–Crippen LogP) is 3.06. The van der Waals surface area contributed by atoms with Gasteiger partial charge in [0.1, 0.15) is 5.60 Å². The number of carbonyl (C=O) groups is 1. The Morgan fingerprint density at radius 2 is 1.88 bits per heavy atom. The summed E-state index contributed by atoms with van der Waals surface area (Å²) in [7, 11) is 0. The van der Waals surface area contributed by atoms with Gasteiger partial charge in [0.2, 0.25) is 0 Å². The van der Waals surface area contributed by atoms with Gasteiger partial charge in [0.25, 0.3) is 0 Å². The van der Waals surface area contributed by atoms with Crippen molar-refractivity contribution >= 4 is 5.78 Å². The lowest BCUT2D eigenvalue weighted by molar-refractivity contribution is 0.0213. The van der Waals surface area contributed by atoms with Crippen molar-refractivity contribution in [2.75, 3.05) is 6.61 Å². The standard InChI is InChI=1S/C14H18O2/c1-10-7-11(2)9-12(8-10)13(15)14(3)5-4-6-16-14/h7-9H,4-6H2,1-3H3. The molecule has 1 aliphatic heterocycles. The summed E-state index contributed by atoms with van der Waals surface area (Å²) in [5.41, 5.74) is 2.44. The molecule has 0 N–H and O–H groups in total. The molecule has 0 amide bonds. The van der Waals surface area contributed by atoms with Crippen LogP contribution in [-0.2, 0) is 4.74 Å². The van der Waals surface area contributed by atoms with Gasteiger partial charge in [-0.2, -0.15) is 0 Å². The summed E-state index contributed by atoms with van der Waals surface area (Å²) in [4.78, 5) is 12.3. The summed E-state index contributed by atoms with van der Waals surface area (Å²) in [5.74, 6) is 0.122. The van der Waals surface area contributed by atoms with Crippen LogP contribution in [-0.4, -0.2) is 18.0 Å². The molecule has 0 spiro atoms. The van der Waals surface area contributed by atoms with Crippen LogP contribution in [0.1, 0.15) is 41.3 Å². The van der Waals surface area contributed by atoms with Crippen LogP contribution in [0.4, 0.5) is 0 Å². The molecule has 1 aromatic rings. The number of aryl methyl sites for hydroxylation is 2. The van der Waals surface area contributed by atoms with Gasteiger partial charge < -0.3 is 4.74 Å². The molecule has 2 rings (SSSR count). The van der Waals surface area contributed by atoms with E-state index in [0.717, 1.165) is 29.5 Å². The maximum Gasteiger partial charge on any atom is 0.194 e. The topological polar surface area (TPSA) is 26.3 Å². The summed E-state index contributed by atoms with van der Waals surface area (Å²) in [6.45, 7) is 6.64. The molecule has 0 radical (unpaired) electrons. The Morgan fingerprint density at radius 3 is 2.38 bits per heavy atom. The number of ketones is 1. The van der Waals surface area contributed by atoms with Gasteiger partial charge in [-0.1, -0.05) is 17.2 Å². The molecule has 1 aromatic carbocycles. The number of carbonyl (C=O) groups excluding carboxylic acids is 1. The third kappa shape index (κ3) is 2.03. The quantitative estimate of drug-likeness (QED) is 0.713. The van der Waals surface area contributed by atoms with Crippen LogP contribution in [0.3, 0.4) is 0 Å². The van der Waals surface area contributed by atoms with Gasteiger partial charge in [0.05, 0.1) is 0 Å². The van der Waals surface area contributed by atoms with E-state index in [0.29, 0.717) is 6.61 Å². The van der Waals surface area contributed by atoms with Gasteiger partial charge >= 0.3 is 0 Å². The largest absolute Gasteiger partial charge is 0.367 e. The van der Waals surface area contributed by atoms with Gasteiger partial charge in [-0.05, 0) is 45.7 Å². The van der Waals surface area contributed by atoms with Gasteiger partial charge in [-0.25, -0.2) is 0 Å². The van der Waals surface area contributed by atoms with Gasteiger partial charge in [-0.15, -0.1) is 0 Å². The molecule has 2 heteroatoms. The Hall–Kier alpha value is -1.15. The second-order valence-corrected chi connectivity index (χ2v) is 4.89. The number of hydrogen-bond donors (Lipinski definition) is 0. The van der Waals surface area contributed by atoms with Crippen LogP contribution < -0.4 is 0 Å². The van der Waals surface area contributed by atoms with E-state index in [2.05, 4.69) is 6.07 Å². The average Bonchev–Trinajstić information content (AvgIpc) is 2.64. The second kappa shape index (κ2) is 4.02. The zero-order valence-corrected chi connectivity index (χ0v) is 10.2. The number of ether oxygens (including phenoxy) is 1. The molecule has 1 saturated heterocycles. The van der Waals surface area contributed by atoms with Crippen molar-refractivity contribution in [2.24, 2.45) is 0 Å². The molecule has 0 bridgehead atoms. The first-order valence-electron chi connectivity index (χ1n) is 5.78.